The molecule has 0 bridgehead atoms. The van der Waals surface area contributed by atoms with Gasteiger partial charge in [0, 0.05) is 19.6 Å². The van der Waals surface area contributed by atoms with E-state index in [1.54, 1.807) is 0 Å². The van der Waals surface area contributed by atoms with Crippen molar-refractivity contribution in [3.8, 4) is 0 Å². The van der Waals surface area contributed by atoms with Gasteiger partial charge in [0.2, 0.25) is 5.91 Å². The molecule has 3 amide bonds. The van der Waals surface area contributed by atoms with Crippen LogP contribution in [0.2, 0.25) is 0 Å². The second-order valence-electron chi connectivity index (χ2n) is 6.06. The second kappa shape index (κ2) is 11.7. The third kappa shape index (κ3) is 7.19. The molecule has 0 aromatic heterocycles. The smallest absolute Gasteiger partial charge is 0.324 e. The predicted octanol–water partition coefficient (Wildman–Crippen LogP) is 2.00. The van der Waals surface area contributed by atoms with Crippen LogP contribution in [0.3, 0.4) is 0 Å². The molecule has 0 saturated carbocycles. The molecule has 3 N–H and O–H groups in total. The van der Waals surface area contributed by atoms with Crippen LogP contribution in [0.1, 0.15) is 30.9 Å². The van der Waals surface area contributed by atoms with Crippen molar-refractivity contribution in [1.82, 2.24) is 20.9 Å². The van der Waals surface area contributed by atoms with E-state index in [1.165, 1.54) is 10.5 Å². The zero-order chi connectivity index (χ0) is 18.1. The third-order valence-corrected chi connectivity index (χ3v) is 3.93. The maximum atomic E-state index is 11.6. The van der Waals surface area contributed by atoms with Gasteiger partial charge in [-0.1, -0.05) is 43.2 Å². The maximum absolute atomic E-state index is 11.6. The first-order valence-electron chi connectivity index (χ1n) is 8.76. The summed E-state index contributed by atoms with van der Waals surface area (Å²) in [5.41, 5.74) is 2.36. The van der Waals surface area contributed by atoms with E-state index in [4.69, 9.17) is 0 Å². The van der Waals surface area contributed by atoms with Gasteiger partial charge >= 0.3 is 6.03 Å². The van der Waals surface area contributed by atoms with E-state index >= 15 is 0 Å². The highest BCUT2D eigenvalue weighted by molar-refractivity contribution is 14.0. The number of carbonyl (C=O) groups is 2. The van der Waals surface area contributed by atoms with Crippen LogP contribution in [-0.4, -0.2) is 49.0 Å². The number of hydrogen-bond donors (Lipinski definition) is 3. The molecule has 1 aromatic rings. The summed E-state index contributed by atoms with van der Waals surface area (Å²) in [7, 11) is 0. The molecule has 0 aliphatic carbocycles. The van der Waals surface area contributed by atoms with E-state index in [-0.39, 0.29) is 42.5 Å². The van der Waals surface area contributed by atoms with Crippen LogP contribution < -0.4 is 16.0 Å². The summed E-state index contributed by atoms with van der Waals surface area (Å²) in [6.45, 7) is 6.47. The van der Waals surface area contributed by atoms with Gasteiger partial charge in [-0.05, 0) is 18.9 Å². The van der Waals surface area contributed by atoms with E-state index in [0.29, 0.717) is 25.6 Å². The Hall–Kier alpha value is -1.84. The molecule has 1 aliphatic heterocycles. The first-order chi connectivity index (χ1) is 12.1. The number of rotatable bonds is 8. The molecule has 1 aromatic carbocycles. The number of aliphatic imine (C=N–C) groups is 1. The highest BCUT2D eigenvalue weighted by Crippen LogP contribution is 2.04. The zero-order valence-corrected chi connectivity index (χ0v) is 17.7. The van der Waals surface area contributed by atoms with E-state index in [9.17, 15) is 9.59 Å². The standard InChI is InChI=1S/C18H27N5O2.HI/c1-3-4-9-19-17(21-12-15-7-5-14(2)6-8-15)20-10-11-23-16(24)13-22-18(23)25;/h5-8H,3-4,9-13H2,1-2H3,(H,22,25)(H2,19,20,21);1H. The molecule has 1 heterocycles. The Kier molecular flexibility index (Phi) is 10.0. The van der Waals surface area contributed by atoms with Crippen molar-refractivity contribution < 1.29 is 9.59 Å². The second-order valence-corrected chi connectivity index (χ2v) is 6.06. The van der Waals surface area contributed by atoms with Crippen molar-refractivity contribution >= 4 is 41.9 Å². The molecule has 0 unspecified atom stereocenters. The molecule has 7 nitrogen and oxygen atoms in total. The van der Waals surface area contributed by atoms with Crippen molar-refractivity contribution in [3.63, 3.8) is 0 Å². The number of halogens is 1. The number of nitrogens with zero attached hydrogens (tertiary/aromatic N) is 2. The van der Waals surface area contributed by atoms with Crippen molar-refractivity contribution in [2.45, 2.75) is 33.2 Å². The molecule has 2 rings (SSSR count). The number of unbranched alkanes of at least 4 members (excludes halogenated alkanes) is 1. The van der Waals surface area contributed by atoms with E-state index < -0.39 is 0 Å². The summed E-state index contributed by atoms with van der Waals surface area (Å²) in [6, 6.07) is 7.94. The average Bonchev–Trinajstić information content (AvgIpc) is 2.92. The predicted molar refractivity (Wildman–Crippen MR) is 114 cm³/mol. The number of benzene rings is 1. The third-order valence-electron chi connectivity index (χ3n) is 3.93. The van der Waals surface area contributed by atoms with Gasteiger partial charge in [-0.15, -0.1) is 24.0 Å². The summed E-state index contributed by atoms with van der Waals surface area (Å²) in [6.07, 6.45) is 2.15. The highest BCUT2D eigenvalue weighted by Gasteiger charge is 2.27. The van der Waals surface area contributed by atoms with E-state index in [1.807, 2.05) is 0 Å². The topological polar surface area (TPSA) is 85.8 Å². The highest BCUT2D eigenvalue weighted by atomic mass is 127. The molecule has 1 fully saturated rings. The Balaban J connectivity index is 0.00000338. The lowest BCUT2D eigenvalue weighted by atomic mass is 10.1. The molecule has 144 valence electrons. The molecule has 0 spiro atoms. The number of carbonyl (C=O) groups excluding carboxylic acids is 2. The van der Waals surface area contributed by atoms with E-state index in [2.05, 4.69) is 59.1 Å². The monoisotopic (exact) mass is 473 g/mol. The van der Waals surface area contributed by atoms with E-state index in [0.717, 1.165) is 24.9 Å². The minimum atomic E-state index is -0.330. The number of nitrogens with one attached hydrogen (secondary N) is 3. The number of amides is 3. The van der Waals surface area contributed by atoms with Crippen LogP contribution >= 0.6 is 24.0 Å². The molecule has 1 aliphatic rings. The van der Waals surface area contributed by atoms with Crippen molar-refractivity contribution in [1.29, 1.82) is 0 Å². The number of hydrogen-bond acceptors (Lipinski definition) is 3. The van der Waals surface area contributed by atoms with Gasteiger partial charge in [0.15, 0.2) is 5.96 Å². The molecular formula is C18H28IN5O2. The van der Waals surface area contributed by atoms with Crippen LogP contribution in [0.5, 0.6) is 0 Å². The van der Waals surface area contributed by atoms with Crippen molar-refractivity contribution in [2.24, 2.45) is 4.99 Å². The van der Waals surface area contributed by atoms with Crippen molar-refractivity contribution in [3.05, 3.63) is 35.4 Å². The van der Waals surface area contributed by atoms with Crippen LogP contribution in [0.25, 0.3) is 0 Å². The molecule has 0 radical (unpaired) electrons. The molecule has 8 heteroatoms. The van der Waals surface area contributed by atoms with Gasteiger partial charge in [0.25, 0.3) is 0 Å². The summed E-state index contributed by atoms with van der Waals surface area (Å²) < 4.78 is 0. The van der Waals surface area contributed by atoms with Gasteiger partial charge < -0.3 is 16.0 Å². The lowest BCUT2D eigenvalue weighted by Gasteiger charge is -2.16. The molecular weight excluding hydrogens is 445 g/mol. The molecule has 26 heavy (non-hydrogen) atoms. The Morgan fingerprint density at radius 3 is 2.50 bits per heavy atom. The van der Waals surface area contributed by atoms with Crippen LogP contribution in [0.15, 0.2) is 29.3 Å². The van der Waals surface area contributed by atoms with Gasteiger partial charge in [-0.2, -0.15) is 0 Å². The molecule has 1 saturated heterocycles. The Bertz CT molecular complexity index is 603. The Labute approximate surface area is 172 Å². The quantitative estimate of drug-likeness (QED) is 0.177. The minimum absolute atomic E-state index is 0. The van der Waals surface area contributed by atoms with Gasteiger partial charge in [0.05, 0.1) is 13.1 Å². The zero-order valence-electron chi connectivity index (χ0n) is 15.4. The number of aryl methyl sites for hydroxylation is 1. The lowest BCUT2D eigenvalue weighted by molar-refractivity contribution is -0.124. The summed E-state index contributed by atoms with van der Waals surface area (Å²) in [5.74, 6) is 0.505. The van der Waals surface area contributed by atoms with Gasteiger partial charge in [0.1, 0.15) is 0 Å². The van der Waals surface area contributed by atoms with Crippen LogP contribution in [-0.2, 0) is 11.3 Å². The van der Waals surface area contributed by atoms with Gasteiger partial charge in [-0.25, -0.2) is 9.79 Å². The van der Waals surface area contributed by atoms with Crippen LogP contribution in [0, 0.1) is 6.92 Å². The fourth-order valence-corrected chi connectivity index (χ4v) is 2.39. The van der Waals surface area contributed by atoms with Gasteiger partial charge in [-0.3, -0.25) is 9.69 Å². The average molecular weight is 473 g/mol. The SMILES string of the molecule is CCCCNC(=NCc1ccc(C)cc1)NCCN1C(=O)CNC1=O.I. The number of urea groups is 1. The first-order valence-corrected chi connectivity index (χ1v) is 8.76. The number of imide groups is 1. The normalized spacial score (nSPS) is 14.1. The summed E-state index contributed by atoms with van der Waals surface area (Å²) >= 11 is 0. The Morgan fingerprint density at radius 1 is 1.19 bits per heavy atom. The fraction of sp³-hybridized carbons (Fsp3) is 0.500. The summed E-state index contributed by atoms with van der Waals surface area (Å²) in [4.78, 5) is 28.9. The number of guanidine groups is 1. The van der Waals surface area contributed by atoms with Crippen LogP contribution in [0.4, 0.5) is 4.79 Å². The largest absolute Gasteiger partial charge is 0.356 e. The molecule has 0 atom stereocenters. The summed E-state index contributed by atoms with van der Waals surface area (Å²) in [5, 5.41) is 8.99. The maximum Gasteiger partial charge on any atom is 0.324 e. The fourth-order valence-electron chi connectivity index (χ4n) is 2.39. The first kappa shape index (κ1) is 22.2. The minimum Gasteiger partial charge on any atom is -0.356 e. The lowest BCUT2D eigenvalue weighted by Crippen LogP contribution is -2.43. The van der Waals surface area contributed by atoms with Crippen molar-refractivity contribution in [2.75, 3.05) is 26.2 Å². The Morgan fingerprint density at radius 2 is 1.88 bits per heavy atom.